The Kier molecular flexibility index (Phi) is 2.54. The first-order chi connectivity index (χ1) is 6.07. The Morgan fingerprint density at radius 2 is 2.23 bits per heavy atom. The molecule has 0 radical (unpaired) electrons. The van der Waals surface area contributed by atoms with Gasteiger partial charge in [0.2, 0.25) is 0 Å². The summed E-state index contributed by atoms with van der Waals surface area (Å²) in [7, 11) is 0. The number of hydrogen-bond donors (Lipinski definition) is 1. The maximum atomic E-state index is 11.1. The number of Topliss-reactive ketones (excluding diaryl/α,β-unsaturated/α-hetero) is 1. The minimum absolute atomic E-state index is 0.153. The van der Waals surface area contributed by atoms with Gasteiger partial charge in [0.15, 0.2) is 5.78 Å². The molecule has 0 saturated carbocycles. The largest absolute Gasteiger partial charge is 0.398 e. The normalized spacial score (nSPS) is 9.31. The average Bonchev–Trinajstić information content (AvgIpc) is 2.07. The number of hydrogen-bond acceptors (Lipinski definition) is 3. The fourth-order valence-corrected chi connectivity index (χ4v) is 1.35. The number of halogens is 1. The third-order valence-electron chi connectivity index (χ3n) is 1.65. The fraction of sp³-hybridized carbons (Fsp3) is 0.111. The molecule has 0 saturated heterocycles. The van der Waals surface area contributed by atoms with Crippen molar-refractivity contribution in [3.8, 4) is 6.07 Å². The number of nitriles is 1. The summed E-state index contributed by atoms with van der Waals surface area (Å²) in [5.41, 5.74) is 6.13. The highest BCUT2D eigenvalue weighted by molar-refractivity contribution is 6.34. The Morgan fingerprint density at radius 1 is 1.62 bits per heavy atom. The van der Waals surface area contributed by atoms with Gasteiger partial charge in [-0.1, -0.05) is 11.6 Å². The monoisotopic (exact) mass is 194 g/mol. The molecule has 13 heavy (non-hydrogen) atoms. The summed E-state index contributed by atoms with van der Waals surface area (Å²) in [6.07, 6.45) is 0. The first kappa shape index (κ1) is 9.56. The van der Waals surface area contributed by atoms with Crippen LogP contribution in [0.2, 0.25) is 5.02 Å². The molecule has 0 aromatic heterocycles. The van der Waals surface area contributed by atoms with Crippen molar-refractivity contribution < 1.29 is 4.79 Å². The van der Waals surface area contributed by atoms with Crippen LogP contribution in [0.3, 0.4) is 0 Å². The molecule has 1 aromatic rings. The summed E-state index contributed by atoms with van der Waals surface area (Å²) in [6, 6.07) is 4.87. The predicted molar refractivity (Wildman–Crippen MR) is 50.6 cm³/mol. The summed E-state index contributed by atoms with van der Waals surface area (Å²) in [6.45, 7) is 1.35. The number of nitrogen functional groups attached to an aromatic ring is 1. The van der Waals surface area contributed by atoms with Gasteiger partial charge >= 0.3 is 0 Å². The minimum atomic E-state index is -0.256. The number of carbonyl (C=O) groups excluding carboxylic acids is 1. The van der Waals surface area contributed by atoms with Crippen molar-refractivity contribution in [2.24, 2.45) is 0 Å². The van der Waals surface area contributed by atoms with E-state index in [4.69, 9.17) is 22.6 Å². The van der Waals surface area contributed by atoms with Crippen LogP contribution in [-0.4, -0.2) is 5.78 Å². The SMILES string of the molecule is CC(=O)c1c(Cl)ccc(N)c1C#N. The van der Waals surface area contributed by atoms with Gasteiger partial charge in [-0.2, -0.15) is 5.26 Å². The van der Waals surface area contributed by atoms with Gasteiger partial charge in [0, 0.05) is 0 Å². The zero-order chi connectivity index (χ0) is 10.0. The summed E-state index contributed by atoms with van der Waals surface area (Å²) in [4.78, 5) is 11.1. The van der Waals surface area contributed by atoms with Gasteiger partial charge in [0.05, 0.1) is 21.8 Å². The van der Waals surface area contributed by atoms with Gasteiger partial charge in [-0.25, -0.2) is 0 Å². The number of rotatable bonds is 1. The molecule has 0 amide bonds. The lowest BCUT2D eigenvalue weighted by Crippen LogP contribution is -2.01. The van der Waals surface area contributed by atoms with E-state index in [0.717, 1.165) is 0 Å². The molecule has 0 heterocycles. The highest BCUT2D eigenvalue weighted by atomic mass is 35.5. The third-order valence-corrected chi connectivity index (χ3v) is 1.97. The van der Waals surface area contributed by atoms with E-state index in [2.05, 4.69) is 0 Å². The van der Waals surface area contributed by atoms with Crippen molar-refractivity contribution >= 4 is 23.1 Å². The molecule has 66 valence electrons. The second kappa shape index (κ2) is 3.46. The van der Waals surface area contributed by atoms with Crippen LogP contribution in [0.15, 0.2) is 12.1 Å². The molecular weight excluding hydrogens is 188 g/mol. The maximum absolute atomic E-state index is 11.1. The highest BCUT2D eigenvalue weighted by Gasteiger charge is 2.13. The van der Waals surface area contributed by atoms with E-state index >= 15 is 0 Å². The summed E-state index contributed by atoms with van der Waals surface area (Å²) in [5.74, 6) is -0.256. The number of carbonyl (C=O) groups is 1. The molecule has 0 aliphatic carbocycles. The molecule has 0 aliphatic rings. The zero-order valence-corrected chi connectivity index (χ0v) is 7.72. The number of benzene rings is 1. The van der Waals surface area contributed by atoms with Crippen LogP contribution in [-0.2, 0) is 0 Å². The zero-order valence-electron chi connectivity index (χ0n) is 6.97. The molecule has 0 unspecified atom stereocenters. The van der Waals surface area contributed by atoms with Crippen LogP contribution < -0.4 is 5.73 Å². The summed E-state index contributed by atoms with van der Waals surface area (Å²) in [5, 5.41) is 8.99. The van der Waals surface area contributed by atoms with Crippen molar-refractivity contribution in [1.82, 2.24) is 0 Å². The Hall–Kier alpha value is -1.53. The smallest absolute Gasteiger partial charge is 0.162 e. The van der Waals surface area contributed by atoms with Gasteiger partial charge in [0.1, 0.15) is 6.07 Å². The Labute approximate surface area is 80.7 Å². The molecule has 0 fully saturated rings. The molecule has 1 rings (SSSR count). The van der Waals surface area contributed by atoms with Gasteiger partial charge in [-0.3, -0.25) is 4.79 Å². The quantitative estimate of drug-likeness (QED) is 0.549. The lowest BCUT2D eigenvalue weighted by Gasteiger charge is -2.04. The molecule has 4 heteroatoms. The molecular formula is C9H7ClN2O. The number of nitrogens with zero attached hydrogens (tertiary/aromatic N) is 1. The standard InChI is InChI=1S/C9H7ClN2O/c1-5(13)9-6(4-11)8(12)3-2-7(9)10/h2-3H,12H2,1H3. The van der Waals surface area contributed by atoms with Crippen molar-refractivity contribution in [2.45, 2.75) is 6.92 Å². The molecule has 2 N–H and O–H groups in total. The van der Waals surface area contributed by atoms with E-state index in [-0.39, 0.29) is 27.6 Å². The third kappa shape index (κ3) is 1.63. The molecule has 0 spiro atoms. The van der Waals surface area contributed by atoms with E-state index in [1.54, 1.807) is 0 Å². The highest BCUT2D eigenvalue weighted by Crippen LogP contribution is 2.24. The van der Waals surface area contributed by atoms with Crippen LogP contribution in [0, 0.1) is 11.3 Å². The average molecular weight is 195 g/mol. The van der Waals surface area contributed by atoms with E-state index in [1.165, 1.54) is 19.1 Å². The minimum Gasteiger partial charge on any atom is -0.398 e. The maximum Gasteiger partial charge on any atom is 0.162 e. The van der Waals surface area contributed by atoms with Crippen molar-refractivity contribution in [2.75, 3.05) is 5.73 Å². The second-order valence-electron chi connectivity index (χ2n) is 2.55. The molecule has 0 bridgehead atoms. The lowest BCUT2D eigenvalue weighted by molar-refractivity contribution is 0.101. The summed E-state index contributed by atoms with van der Waals surface area (Å²) >= 11 is 5.75. The van der Waals surface area contributed by atoms with E-state index in [0.29, 0.717) is 0 Å². The second-order valence-corrected chi connectivity index (χ2v) is 2.96. The van der Waals surface area contributed by atoms with Gasteiger partial charge in [0.25, 0.3) is 0 Å². The Balaban J connectivity index is 3.55. The van der Waals surface area contributed by atoms with Crippen molar-refractivity contribution in [3.05, 3.63) is 28.3 Å². The predicted octanol–water partition coefficient (Wildman–Crippen LogP) is 2.00. The lowest BCUT2D eigenvalue weighted by atomic mass is 10.0. The first-order valence-corrected chi connectivity index (χ1v) is 3.94. The van der Waals surface area contributed by atoms with Crippen LogP contribution >= 0.6 is 11.6 Å². The van der Waals surface area contributed by atoms with E-state index in [9.17, 15) is 4.79 Å². The number of anilines is 1. The van der Waals surface area contributed by atoms with Gasteiger partial charge in [-0.15, -0.1) is 0 Å². The van der Waals surface area contributed by atoms with Gasteiger partial charge < -0.3 is 5.73 Å². The topological polar surface area (TPSA) is 66.9 Å². The number of nitrogens with two attached hydrogens (primary N) is 1. The fourth-order valence-electron chi connectivity index (χ4n) is 1.06. The van der Waals surface area contributed by atoms with E-state index < -0.39 is 0 Å². The van der Waals surface area contributed by atoms with E-state index in [1.807, 2.05) is 6.07 Å². The van der Waals surface area contributed by atoms with Crippen molar-refractivity contribution in [1.29, 1.82) is 5.26 Å². The molecule has 0 atom stereocenters. The first-order valence-electron chi connectivity index (χ1n) is 3.57. The Bertz CT molecular complexity index is 407. The molecule has 1 aromatic carbocycles. The Morgan fingerprint density at radius 3 is 2.62 bits per heavy atom. The van der Waals surface area contributed by atoms with Crippen LogP contribution in [0.5, 0.6) is 0 Å². The van der Waals surface area contributed by atoms with Crippen LogP contribution in [0.25, 0.3) is 0 Å². The molecule has 0 aliphatic heterocycles. The van der Waals surface area contributed by atoms with Crippen LogP contribution in [0.4, 0.5) is 5.69 Å². The summed E-state index contributed by atoms with van der Waals surface area (Å²) < 4.78 is 0. The molecule has 3 nitrogen and oxygen atoms in total. The van der Waals surface area contributed by atoms with Crippen LogP contribution in [0.1, 0.15) is 22.8 Å². The number of ketones is 1. The van der Waals surface area contributed by atoms with Crippen molar-refractivity contribution in [3.63, 3.8) is 0 Å². The van der Waals surface area contributed by atoms with Gasteiger partial charge in [-0.05, 0) is 19.1 Å².